The first-order chi connectivity index (χ1) is 19.7. The van der Waals surface area contributed by atoms with Crippen LogP contribution in [-0.2, 0) is 16.5 Å². The molecule has 0 spiro atoms. The number of carbonyl (C=O) groups excluding carboxylic acids is 1. The van der Waals surface area contributed by atoms with Gasteiger partial charge in [-0.15, -0.1) is 0 Å². The Morgan fingerprint density at radius 2 is 1.63 bits per heavy atom. The van der Waals surface area contributed by atoms with E-state index in [1.54, 1.807) is 54.6 Å². The van der Waals surface area contributed by atoms with E-state index in [0.29, 0.717) is 33.7 Å². The first kappa shape index (κ1) is 26.6. The monoisotopic (exact) mass is 560 g/mol. The molecule has 0 saturated carbocycles. The van der Waals surface area contributed by atoms with Gasteiger partial charge in [0.2, 0.25) is 0 Å². The maximum Gasteiger partial charge on any atom is 0.416 e. The molecule has 0 aliphatic carbocycles. The number of cyclic esters (lactones) is 1. The summed E-state index contributed by atoms with van der Waals surface area (Å²) in [5.74, 6) is -0.258. The van der Waals surface area contributed by atoms with Crippen LogP contribution in [0.4, 0.5) is 30.2 Å². The standard InChI is InChI=1S/C32H27F3N2O4/c1-40-29-14-11-22(36-21-8-6-7-20(17-21)32(33,34)35)18-27(29)31(25-10-3-2-9-24(25)30(39)41-31)26-13-12-23(19-28(26)38)37-15-4-5-16-37/h2-3,6-14,17-19,36,38H,4-5,15-16H2,1H3. The van der Waals surface area contributed by atoms with Crippen LogP contribution in [0.5, 0.6) is 11.5 Å². The number of hydrogen-bond donors (Lipinski definition) is 2. The van der Waals surface area contributed by atoms with Crippen LogP contribution >= 0.6 is 0 Å². The Balaban J connectivity index is 1.52. The van der Waals surface area contributed by atoms with E-state index < -0.39 is 23.3 Å². The third-order valence-corrected chi connectivity index (χ3v) is 7.66. The van der Waals surface area contributed by atoms with E-state index in [1.807, 2.05) is 6.07 Å². The molecular weight excluding hydrogens is 533 g/mol. The van der Waals surface area contributed by atoms with Gasteiger partial charge in [0.15, 0.2) is 5.60 Å². The molecule has 1 fully saturated rings. The summed E-state index contributed by atoms with van der Waals surface area (Å²) >= 11 is 0. The molecule has 41 heavy (non-hydrogen) atoms. The Bertz CT molecular complexity index is 1630. The summed E-state index contributed by atoms with van der Waals surface area (Å²) in [5, 5.41) is 14.5. The topological polar surface area (TPSA) is 71.0 Å². The summed E-state index contributed by atoms with van der Waals surface area (Å²) in [5.41, 5.74) is 0.765. The fourth-order valence-corrected chi connectivity index (χ4v) is 5.75. The van der Waals surface area contributed by atoms with Gasteiger partial charge in [-0.25, -0.2) is 4.79 Å². The number of fused-ring (bicyclic) bond motifs is 1. The van der Waals surface area contributed by atoms with Gasteiger partial charge in [0, 0.05) is 52.9 Å². The summed E-state index contributed by atoms with van der Waals surface area (Å²) in [4.78, 5) is 15.4. The average molecular weight is 561 g/mol. The number of nitrogens with zero attached hydrogens (tertiary/aromatic N) is 1. The highest BCUT2D eigenvalue weighted by Gasteiger charge is 2.51. The van der Waals surface area contributed by atoms with Crippen molar-refractivity contribution in [2.24, 2.45) is 0 Å². The zero-order chi connectivity index (χ0) is 28.8. The van der Waals surface area contributed by atoms with Gasteiger partial charge in [0.1, 0.15) is 11.5 Å². The molecule has 9 heteroatoms. The zero-order valence-corrected chi connectivity index (χ0v) is 22.2. The van der Waals surface area contributed by atoms with Crippen LogP contribution < -0.4 is 15.0 Å². The van der Waals surface area contributed by atoms with E-state index >= 15 is 0 Å². The van der Waals surface area contributed by atoms with Crippen LogP contribution in [0.3, 0.4) is 0 Å². The molecule has 4 aromatic rings. The second-order valence-corrected chi connectivity index (χ2v) is 10.1. The third kappa shape index (κ3) is 4.61. The van der Waals surface area contributed by atoms with Crippen LogP contribution in [0.25, 0.3) is 0 Å². The van der Waals surface area contributed by atoms with Crippen LogP contribution in [0, 0.1) is 0 Å². The molecule has 6 rings (SSSR count). The lowest BCUT2D eigenvalue weighted by molar-refractivity contribution is -0.137. The predicted molar refractivity (Wildman–Crippen MR) is 149 cm³/mol. The average Bonchev–Trinajstić information content (AvgIpc) is 3.60. The molecule has 2 heterocycles. The normalized spacial score (nSPS) is 18.2. The van der Waals surface area contributed by atoms with Crippen molar-refractivity contribution < 1.29 is 32.5 Å². The highest BCUT2D eigenvalue weighted by Crippen LogP contribution is 2.53. The third-order valence-electron chi connectivity index (χ3n) is 7.66. The maximum atomic E-state index is 13.3. The number of benzene rings is 4. The number of nitrogens with one attached hydrogen (secondary N) is 1. The highest BCUT2D eigenvalue weighted by atomic mass is 19.4. The molecule has 0 amide bonds. The van der Waals surface area contributed by atoms with E-state index in [9.17, 15) is 23.1 Å². The summed E-state index contributed by atoms with van der Waals surface area (Å²) in [6.07, 6.45) is -2.35. The molecule has 2 aliphatic rings. The molecule has 0 radical (unpaired) electrons. The van der Waals surface area contributed by atoms with Crippen molar-refractivity contribution in [3.8, 4) is 11.5 Å². The van der Waals surface area contributed by atoms with E-state index in [-0.39, 0.29) is 11.4 Å². The Morgan fingerprint density at radius 3 is 2.37 bits per heavy atom. The number of ether oxygens (including phenoxy) is 2. The van der Waals surface area contributed by atoms with Crippen molar-refractivity contribution in [2.75, 3.05) is 30.4 Å². The van der Waals surface area contributed by atoms with Gasteiger partial charge in [-0.3, -0.25) is 0 Å². The number of anilines is 3. The summed E-state index contributed by atoms with van der Waals surface area (Å²) in [6.45, 7) is 1.78. The van der Waals surface area contributed by atoms with Gasteiger partial charge in [-0.05, 0) is 67.4 Å². The largest absolute Gasteiger partial charge is 0.507 e. The van der Waals surface area contributed by atoms with E-state index in [2.05, 4.69) is 10.2 Å². The molecule has 2 N–H and O–H groups in total. The number of phenolic OH excluding ortho intramolecular Hbond substituents is 1. The lowest BCUT2D eigenvalue weighted by Gasteiger charge is -2.33. The van der Waals surface area contributed by atoms with Crippen LogP contribution in [-0.4, -0.2) is 31.3 Å². The number of hydrogen-bond acceptors (Lipinski definition) is 6. The van der Waals surface area contributed by atoms with Gasteiger partial charge < -0.3 is 24.8 Å². The van der Waals surface area contributed by atoms with Crippen molar-refractivity contribution in [3.05, 3.63) is 113 Å². The number of carbonyl (C=O) groups is 1. The molecule has 6 nitrogen and oxygen atoms in total. The fourth-order valence-electron chi connectivity index (χ4n) is 5.75. The Hall–Kier alpha value is -4.66. The fraction of sp³-hybridized carbons (Fsp3) is 0.219. The first-order valence-corrected chi connectivity index (χ1v) is 13.2. The maximum absolute atomic E-state index is 13.3. The van der Waals surface area contributed by atoms with Gasteiger partial charge in [0.25, 0.3) is 0 Å². The minimum Gasteiger partial charge on any atom is -0.507 e. The quantitative estimate of drug-likeness (QED) is 0.243. The number of alkyl halides is 3. The van der Waals surface area contributed by atoms with Gasteiger partial charge in [-0.2, -0.15) is 13.2 Å². The number of halogens is 3. The van der Waals surface area contributed by atoms with Crippen molar-refractivity contribution >= 4 is 23.0 Å². The molecule has 210 valence electrons. The zero-order valence-electron chi connectivity index (χ0n) is 22.2. The minimum absolute atomic E-state index is 0.0582. The van der Waals surface area contributed by atoms with Crippen LogP contribution in [0.1, 0.15) is 45.5 Å². The lowest BCUT2D eigenvalue weighted by atomic mass is 9.78. The molecule has 1 atom stereocenters. The summed E-state index contributed by atoms with van der Waals surface area (Å²) in [7, 11) is 1.48. The number of rotatable bonds is 6. The van der Waals surface area contributed by atoms with Gasteiger partial charge >= 0.3 is 12.1 Å². The van der Waals surface area contributed by atoms with Crippen LogP contribution in [0.15, 0.2) is 84.9 Å². The van der Waals surface area contributed by atoms with E-state index in [4.69, 9.17) is 9.47 Å². The smallest absolute Gasteiger partial charge is 0.416 e. The van der Waals surface area contributed by atoms with E-state index in [1.165, 1.54) is 19.2 Å². The Labute approximate surface area is 234 Å². The van der Waals surface area contributed by atoms with Crippen molar-refractivity contribution in [1.29, 1.82) is 0 Å². The van der Waals surface area contributed by atoms with Crippen LogP contribution in [0.2, 0.25) is 0 Å². The van der Waals surface area contributed by atoms with Crippen molar-refractivity contribution in [3.63, 3.8) is 0 Å². The first-order valence-electron chi connectivity index (χ1n) is 13.2. The van der Waals surface area contributed by atoms with Gasteiger partial charge in [-0.1, -0.05) is 24.3 Å². The number of methoxy groups -OCH3 is 1. The summed E-state index contributed by atoms with van der Waals surface area (Å²) < 4.78 is 51.9. The lowest BCUT2D eigenvalue weighted by Crippen LogP contribution is -2.30. The number of phenols is 1. The second-order valence-electron chi connectivity index (χ2n) is 10.1. The molecule has 1 unspecified atom stereocenters. The molecule has 4 aromatic carbocycles. The SMILES string of the molecule is COc1ccc(Nc2cccc(C(F)(F)F)c2)cc1C1(c2ccc(N3CCCC3)cc2O)OC(=O)c2ccccc21. The highest BCUT2D eigenvalue weighted by molar-refractivity contribution is 5.97. The molecule has 0 aromatic heterocycles. The molecule has 1 saturated heterocycles. The van der Waals surface area contributed by atoms with Crippen molar-refractivity contribution in [2.45, 2.75) is 24.6 Å². The van der Waals surface area contributed by atoms with Gasteiger partial charge in [0.05, 0.1) is 18.2 Å². The summed E-state index contributed by atoms with van der Waals surface area (Å²) in [6, 6.07) is 22.1. The molecule has 2 aliphatic heterocycles. The van der Waals surface area contributed by atoms with Crippen molar-refractivity contribution in [1.82, 2.24) is 0 Å². The predicted octanol–water partition coefficient (Wildman–Crippen LogP) is 7.23. The van der Waals surface area contributed by atoms with E-state index in [0.717, 1.165) is 43.8 Å². The Morgan fingerprint density at radius 1 is 0.878 bits per heavy atom. The molecular formula is C32H27F3N2O4. The number of esters is 1. The second kappa shape index (κ2) is 10.1. The molecule has 0 bridgehead atoms. The number of aromatic hydroxyl groups is 1. The minimum atomic E-state index is -4.49. The Kier molecular flexibility index (Phi) is 6.52.